The van der Waals surface area contributed by atoms with Crippen LogP contribution in [0.3, 0.4) is 0 Å². The van der Waals surface area contributed by atoms with Gasteiger partial charge in [0.2, 0.25) is 5.78 Å². The van der Waals surface area contributed by atoms with E-state index < -0.39 is 5.60 Å². The molecule has 29 heavy (non-hydrogen) atoms. The van der Waals surface area contributed by atoms with Crippen molar-refractivity contribution in [1.82, 2.24) is 14.9 Å². The Hall–Kier alpha value is -2.96. The third-order valence-corrected chi connectivity index (χ3v) is 4.69. The monoisotopic (exact) mass is 398 g/mol. The fourth-order valence-electron chi connectivity index (χ4n) is 3.24. The van der Waals surface area contributed by atoms with Crippen molar-refractivity contribution in [2.24, 2.45) is 0 Å². The summed E-state index contributed by atoms with van der Waals surface area (Å²) in [6.45, 7) is 10.0. The molecule has 0 unspecified atom stereocenters. The summed E-state index contributed by atoms with van der Waals surface area (Å²) in [4.78, 5) is 37.8. The Kier molecular flexibility index (Phi) is 6.15. The third-order valence-electron chi connectivity index (χ3n) is 4.69. The Labute approximate surface area is 173 Å². The molecule has 2 aromatic heterocycles. The van der Waals surface area contributed by atoms with Gasteiger partial charge in [0, 0.05) is 45.1 Å². The average Bonchev–Trinajstić information content (AvgIpc) is 2.93. The van der Waals surface area contributed by atoms with Gasteiger partial charge in [-0.3, -0.25) is 9.78 Å². The molecule has 0 atom stereocenters. The number of ketones is 1. The molecule has 1 aliphatic rings. The lowest BCUT2D eigenvalue weighted by Crippen LogP contribution is -2.39. The van der Waals surface area contributed by atoms with Crippen LogP contribution in [0.5, 0.6) is 0 Å². The molecule has 1 saturated heterocycles. The van der Waals surface area contributed by atoms with Crippen molar-refractivity contribution in [3.63, 3.8) is 0 Å². The van der Waals surface area contributed by atoms with E-state index in [9.17, 15) is 9.59 Å². The Morgan fingerprint density at radius 2 is 1.86 bits per heavy atom. The summed E-state index contributed by atoms with van der Waals surface area (Å²) in [5.74, 6) is 0.603. The van der Waals surface area contributed by atoms with Crippen molar-refractivity contribution in [3.8, 4) is 0 Å². The zero-order valence-electron chi connectivity index (χ0n) is 17.5. The molecule has 0 spiro atoms. The number of amides is 1. The standard InChI is InChI=1S/C22H28N4O3.H2/c1-16-17(8-6-11-23-16)20(27)18-9-5-10-19(24-18)25-12-7-13-26(15-14-25)21(28)29-22(2,3)4;/h5-6,8-11H,7,12-15H2,1-4H3;1H. The highest BCUT2D eigenvalue weighted by molar-refractivity contribution is 6.08. The second kappa shape index (κ2) is 8.59. The first-order valence-corrected chi connectivity index (χ1v) is 9.91. The van der Waals surface area contributed by atoms with Gasteiger partial charge in [0.1, 0.15) is 17.1 Å². The van der Waals surface area contributed by atoms with E-state index in [1.807, 2.05) is 39.8 Å². The van der Waals surface area contributed by atoms with Crippen molar-refractivity contribution < 1.29 is 15.8 Å². The summed E-state index contributed by atoms with van der Waals surface area (Å²) in [6, 6.07) is 8.99. The maximum atomic E-state index is 12.9. The first-order chi connectivity index (χ1) is 13.7. The van der Waals surface area contributed by atoms with Crippen LogP contribution < -0.4 is 4.90 Å². The second-order valence-electron chi connectivity index (χ2n) is 8.15. The van der Waals surface area contributed by atoms with E-state index in [2.05, 4.69) is 14.9 Å². The number of pyridine rings is 2. The number of nitrogens with zero attached hydrogens (tertiary/aromatic N) is 4. The van der Waals surface area contributed by atoms with Crippen LogP contribution in [0.4, 0.5) is 10.6 Å². The lowest BCUT2D eigenvalue weighted by molar-refractivity contribution is 0.0263. The predicted octanol–water partition coefficient (Wildman–Crippen LogP) is 3.71. The Morgan fingerprint density at radius 1 is 1.07 bits per heavy atom. The molecule has 0 N–H and O–H groups in total. The minimum absolute atomic E-state index is 0. The van der Waals surface area contributed by atoms with Crippen LogP contribution in [0, 0.1) is 6.92 Å². The maximum absolute atomic E-state index is 12.9. The molecular weight excluding hydrogens is 368 g/mol. The molecule has 0 aliphatic carbocycles. The SMILES string of the molecule is Cc1ncccc1C(=O)c1cccc(N2CCCN(C(=O)OC(C)(C)C)CC2)n1.[HH]. The fraction of sp³-hybridized carbons (Fsp3) is 0.455. The van der Waals surface area contributed by atoms with Crippen LogP contribution in [-0.4, -0.2) is 58.5 Å². The number of carbonyl (C=O) groups excluding carboxylic acids is 2. The number of anilines is 1. The summed E-state index contributed by atoms with van der Waals surface area (Å²) in [5.41, 5.74) is 1.13. The quantitative estimate of drug-likeness (QED) is 0.734. The number of aryl methyl sites for hydroxylation is 1. The topological polar surface area (TPSA) is 75.6 Å². The van der Waals surface area contributed by atoms with Crippen LogP contribution >= 0.6 is 0 Å². The highest BCUT2D eigenvalue weighted by Crippen LogP contribution is 2.18. The van der Waals surface area contributed by atoms with Gasteiger partial charge >= 0.3 is 6.09 Å². The zero-order valence-corrected chi connectivity index (χ0v) is 17.5. The van der Waals surface area contributed by atoms with E-state index in [-0.39, 0.29) is 13.3 Å². The molecule has 0 aromatic carbocycles. The molecule has 2 aromatic rings. The molecule has 1 fully saturated rings. The van der Waals surface area contributed by atoms with E-state index in [1.54, 1.807) is 29.3 Å². The van der Waals surface area contributed by atoms with Crippen LogP contribution in [0.15, 0.2) is 36.5 Å². The Balaban J connectivity index is 0.00000320. The lowest BCUT2D eigenvalue weighted by Gasteiger charge is -2.26. The Bertz CT molecular complexity index is 898. The molecule has 7 heteroatoms. The summed E-state index contributed by atoms with van der Waals surface area (Å²) in [5, 5.41) is 0. The van der Waals surface area contributed by atoms with Crippen molar-refractivity contribution >= 4 is 17.7 Å². The summed E-state index contributed by atoms with van der Waals surface area (Å²) < 4.78 is 5.49. The maximum Gasteiger partial charge on any atom is 0.410 e. The number of hydrogen-bond acceptors (Lipinski definition) is 6. The summed E-state index contributed by atoms with van der Waals surface area (Å²) >= 11 is 0. The first kappa shape index (κ1) is 20.8. The number of rotatable bonds is 3. The molecule has 0 saturated carbocycles. The minimum Gasteiger partial charge on any atom is -0.444 e. The van der Waals surface area contributed by atoms with Crippen LogP contribution in [-0.2, 0) is 4.74 Å². The highest BCUT2D eigenvalue weighted by Gasteiger charge is 2.25. The molecular formula is C22H30N4O3. The number of hydrogen-bond donors (Lipinski definition) is 0. The molecule has 7 nitrogen and oxygen atoms in total. The lowest BCUT2D eigenvalue weighted by atomic mass is 10.1. The highest BCUT2D eigenvalue weighted by atomic mass is 16.6. The average molecular weight is 399 g/mol. The molecule has 156 valence electrons. The number of carbonyl (C=O) groups is 2. The van der Waals surface area contributed by atoms with Gasteiger partial charge in [0.15, 0.2) is 0 Å². The molecule has 0 bridgehead atoms. The van der Waals surface area contributed by atoms with Gasteiger partial charge < -0.3 is 14.5 Å². The Morgan fingerprint density at radius 3 is 2.59 bits per heavy atom. The molecule has 0 radical (unpaired) electrons. The van der Waals surface area contributed by atoms with Gasteiger partial charge in [-0.1, -0.05) is 6.07 Å². The van der Waals surface area contributed by atoms with Gasteiger partial charge in [-0.15, -0.1) is 0 Å². The van der Waals surface area contributed by atoms with Crippen molar-refractivity contribution in [2.45, 2.75) is 39.7 Å². The summed E-state index contributed by atoms with van der Waals surface area (Å²) in [6.07, 6.45) is 2.19. The van der Waals surface area contributed by atoms with Crippen LogP contribution in [0.2, 0.25) is 0 Å². The van der Waals surface area contributed by atoms with E-state index in [0.29, 0.717) is 36.6 Å². The van der Waals surface area contributed by atoms with Gasteiger partial charge in [-0.05, 0) is 58.4 Å². The smallest absolute Gasteiger partial charge is 0.410 e. The predicted molar refractivity (Wildman–Crippen MR) is 113 cm³/mol. The second-order valence-corrected chi connectivity index (χ2v) is 8.15. The van der Waals surface area contributed by atoms with Crippen molar-refractivity contribution in [3.05, 3.63) is 53.5 Å². The molecule has 1 amide bonds. The van der Waals surface area contributed by atoms with E-state index >= 15 is 0 Å². The number of ether oxygens (including phenoxy) is 1. The molecule has 3 rings (SSSR count). The van der Waals surface area contributed by atoms with Crippen LogP contribution in [0.25, 0.3) is 0 Å². The van der Waals surface area contributed by atoms with Gasteiger partial charge in [0.25, 0.3) is 0 Å². The largest absolute Gasteiger partial charge is 0.444 e. The van der Waals surface area contributed by atoms with E-state index in [4.69, 9.17) is 4.74 Å². The first-order valence-electron chi connectivity index (χ1n) is 9.91. The molecule has 1 aliphatic heterocycles. The third kappa shape index (κ3) is 5.31. The van der Waals surface area contributed by atoms with Crippen molar-refractivity contribution in [1.29, 1.82) is 0 Å². The molecule has 3 heterocycles. The zero-order chi connectivity index (χ0) is 21.0. The summed E-state index contributed by atoms with van der Waals surface area (Å²) in [7, 11) is 0. The number of aromatic nitrogens is 2. The van der Waals surface area contributed by atoms with E-state index in [1.165, 1.54) is 0 Å². The normalized spacial score (nSPS) is 15.0. The van der Waals surface area contributed by atoms with Crippen LogP contribution in [0.1, 0.15) is 50.4 Å². The van der Waals surface area contributed by atoms with E-state index in [0.717, 1.165) is 18.8 Å². The van der Waals surface area contributed by atoms with Gasteiger partial charge in [-0.2, -0.15) is 0 Å². The van der Waals surface area contributed by atoms with Gasteiger partial charge in [-0.25, -0.2) is 9.78 Å². The fourth-order valence-corrected chi connectivity index (χ4v) is 3.24. The minimum atomic E-state index is -0.510. The van der Waals surface area contributed by atoms with Gasteiger partial charge in [0.05, 0.1) is 0 Å². The van der Waals surface area contributed by atoms with Crippen molar-refractivity contribution in [2.75, 3.05) is 31.1 Å².